The van der Waals surface area contributed by atoms with Crippen molar-refractivity contribution in [1.82, 2.24) is 20.2 Å². The number of anilines is 1. The third-order valence-corrected chi connectivity index (χ3v) is 8.10. The van der Waals surface area contributed by atoms with Crippen LogP contribution in [0.1, 0.15) is 30.2 Å². The summed E-state index contributed by atoms with van der Waals surface area (Å²) in [6.45, 7) is 0.864. The predicted molar refractivity (Wildman–Crippen MR) is 177 cm³/mol. The van der Waals surface area contributed by atoms with E-state index in [0.717, 1.165) is 4.57 Å². The van der Waals surface area contributed by atoms with Crippen molar-refractivity contribution in [3.8, 4) is 5.75 Å². The molecule has 1 fully saturated rings. The van der Waals surface area contributed by atoms with Gasteiger partial charge in [-0.05, 0) is 30.5 Å². The number of aliphatic hydroxyl groups excluding tert-OH is 1. The number of aromatic nitrogens is 2. The third kappa shape index (κ3) is 15.2. The average Bonchev–Trinajstić information content (AvgIpc) is 3.36. The number of aryl methyl sites for hydroxylation is 1. The van der Waals surface area contributed by atoms with Crippen LogP contribution < -0.4 is 26.8 Å². The maximum Gasteiger partial charge on any atom is 0.470 e. The Morgan fingerprint density at radius 2 is 1.75 bits per heavy atom. The Hall–Kier alpha value is -3.50. The number of nitrogens with one attached hydrogen (secondary N) is 2. The largest absolute Gasteiger partial charge is 0.492 e. The molecule has 3 rings (SSSR count). The second kappa shape index (κ2) is 20.7. The van der Waals surface area contributed by atoms with Crippen molar-refractivity contribution < 1.29 is 76.1 Å². The van der Waals surface area contributed by atoms with E-state index < -0.39 is 58.6 Å². The number of ether oxygens (including phenoxy) is 5. The first kappa shape index (κ1) is 42.9. The van der Waals surface area contributed by atoms with Gasteiger partial charge in [-0.1, -0.05) is 12.1 Å². The summed E-state index contributed by atoms with van der Waals surface area (Å²) >= 11 is 0. The summed E-state index contributed by atoms with van der Waals surface area (Å²) in [5.74, 6) is 0.231. The maximum atomic E-state index is 12.6. The molecule has 2 heterocycles. The minimum atomic E-state index is -5.24. The second-order valence-corrected chi connectivity index (χ2v) is 13.5. The first-order valence-electron chi connectivity index (χ1n) is 15.7. The van der Waals surface area contributed by atoms with E-state index in [1.165, 1.54) is 6.20 Å². The van der Waals surface area contributed by atoms with Crippen LogP contribution in [0.15, 0.2) is 35.3 Å². The van der Waals surface area contributed by atoms with Gasteiger partial charge in [0.05, 0.1) is 33.0 Å². The van der Waals surface area contributed by atoms with Gasteiger partial charge in [0.1, 0.15) is 43.1 Å². The molecule has 0 aliphatic carbocycles. The normalized spacial score (nSPS) is 19.0. The molecular weight excluding hydrogens is 740 g/mol. The molecular formula is C28H43N5O17P2. The van der Waals surface area contributed by atoms with Crippen molar-refractivity contribution in [3.63, 3.8) is 0 Å². The number of rotatable bonds is 22. The lowest BCUT2D eigenvalue weighted by Crippen LogP contribution is -2.38. The highest BCUT2D eigenvalue weighted by molar-refractivity contribution is 7.46. The average molecular weight is 784 g/mol. The molecule has 4 atom stereocenters. The van der Waals surface area contributed by atoms with Crippen LogP contribution in [0.4, 0.5) is 10.6 Å². The SMILES string of the molecule is COCCOCCC(=O)NCCOc1ccc(COC(=O)NCCCc2cn([C@@H]3O[C@H](COP(=O)(O)O)C(OP(=O)(O)O)[C@@H]3O)c(=O)nc2N)cc1. The summed E-state index contributed by atoms with van der Waals surface area (Å²) in [6.07, 6.45) is -5.92. The van der Waals surface area contributed by atoms with Crippen LogP contribution in [-0.2, 0) is 54.9 Å². The quantitative estimate of drug-likeness (QED) is 0.0529. The lowest BCUT2D eigenvalue weighted by Gasteiger charge is -2.21. The van der Waals surface area contributed by atoms with Crippen molar-refractivity contribution in [2.24, 2.45) is 0 Å². The molecule has 0 saturated carbocycles. The summed E-state index contributed by atoms with van der Waals surface area (Å²) in [5, 5.41) is 16.0. The number of phosphoric ester groups is 2. The zero-order valence-corrected chi connectivity index (χ0v) is 29.8. The predicted octanol–water partition coefficient (Wildman–Crippen LogP) is -0.922. The van der Waals surface area contributed by atoms with Gasteiger partial charge in [0.2, 0.25) is 5.91 Å². The molecule has 0 spiro atoms. The van der Waals surface area contributed by atoms with E-state index in [1.54, 1.807) is 31.4 Å². The fourth-order valence-corrected chi connectivity index (χ4v) is 5.57. The highest BCUT2D eigenvalue weighted by Crippen LogP contribution is 2.45. The fraction of sp³-hybridized carbons (Fsp3) is 0.571. The summed E-state index contributed by atoms with van der Waals surface area (Å²) in [4.78, 5) is 76.8. The molecule has 1 aromatic heterocycles. The Morgan fingerprint density at radius 1 is 1.02 bits per heavy atom. The van der Waals surface area contributed by atoms with E-state index in [9.17, 15) is 38.4 Å². The first-order chi connectivity index (χ1) is 24.6. The van der Waals surface area contributed by atoms with Gasteiger partial charge in [-0.25, -0.2) is 18.7 Å². The number of nitrogens with two attached hydrogens (primary N) is 1. The minimum absolute atomic E-state index is 0.0346. The standard InChI is InChI=1S/C28H43N5O17P2/c1-44-13-14-45-11-8-22(34)30-10-12-46-20-6-4-18(5-7-20)16-47-28(37)31-9-2-3-19-15-33(27(36)32-25(19)29)26-23(35)24(50-52(41,42)43)21(49-26)17-48-51(38,39)40/h4-7,15,21,23-24,26,35H,2-3,8-14,16-17H2,1H3,(H,30,34)(H,31,37)(H2,29,32,36)(H2,38,39,40)(H2,41,42,43)/t21-,23+,24?,26-/m1/s1. The van der Waals surface area contributed by atoms with Crippen molar-refractivity contribution in [3.05, 3.63) is 52.1 Å². The molecule has 1 aromatic carbocycles. The van der Waals surface area contributed by atoms with E-state index >= 15 is 0 Å². The van der Waals surface area contributed by atoms with Crippen molar-refractivity contribution in [1.29, 1.82) is 0 Å². The van der Waals surface area contributed by atoms with Gasteiger partial charge in [0.15, 0.2) is 6.23 Å². The maximum absolute atomic E-state index is 12.6. The van der Waals surface area contributed by atoms with Crippen molar-refractivity contribution in [2.75, 3.05) is 59.0 Å². The number of nitrogen functional groups attached to an aromatic ring is 1. The van der Waals surface area contributed by atoms with E-state index in [1.807, 2.05) is 0 Å². The molecule has 9 N–H and O–H groups in total. The number of carbonyl (C=O) groups excluding carboxylic acids is 2. The Balaban J connectivity index is 1.42. The molecule has 24 heteroatoms. The van der Waals surface area contributed by atoms with Gasteiger partial charge in [0.25, 0.3) is 0 Å². The zero-order valence-electron chi connectivity index (χ0n) is 28.0. The number of methoxy groups -OCH3 is 1. The molecule has 2 aromatic rings. The minimum Gasteiger partial charge on any atom is -0.492 e. The van der Waals surface area contributed by atoms with Gasteiger partial charge < -0.3 is 64.7 Å². The van der Waals surface area contributed by atoms with E-state index in [0.29, 0.717) is 37.7 Å². The second-order valence-electron chi connectivity index (χ2n) is 11.0. The van der Waals surface area contributed by atoms with Crippen LogP contribution >= 0.6 is 15.6 Å². The number of benzene rings is 1. The molecule has 0 radical (unpaired) electrons. The van der Waals surface area contributed by atoms with Gasteiger partial charge >= 0.3 is 27.4 Å². The number of alkyl carbamates (subject to hydrolysis) is 1. The summed E-state index contributed by atoms with van der Waals surface area (Å²) in [5.41, 5.74) is 5.84. The molecule has 0 bridgehead atoms. The van der Waals surface area contributed by atoms with E-state index in [4.69, 9.17) is 39.2 Å². The molecule has 22 nitrogen and oxygen atoms in total. The molecule has 292 valence electrons. The zero-order chi connectivity index (χ0) is 38.3. The number of hydrogen-bond acceptors (Lipinski definition) is 15. The number of carbonyl (C=O) groups is 2. The molecule has 2 amide bonds. The molecule has 1 aliphatic heterocycles. The molecule has 1 saturated heterocycles. The number of phosphoric acid groups is 2. The van der Waals surface area contributed by atoms with Crippen LogP contribution in [0.2, 0.25) is 0 Å². The summed E-state index contributed by atoms with van der Waals surface area (Å²) < 4.78 is 58.7. The van der Waals surface area contributed by atoms with Gasteiger partial charge in [-0.3, -0.25) is 18.4 Å². The Bertz CT molecular complexity index is 1600. The van der Waals surface area contributed by atoms with Crippen molar-refractivity contribution in [2.45, 2.75) is 50.4 Å². The summed E-state index contributed by atoms with van der Waals surface area (Å²) in [6, 6.07) is 6.80. The van der Waals surface area contributed by atoms with Crippen LogP contribution in [0, 0.1) is 0 Å². The Labute approximate surface area is 296 Å². The number of nitrogens with zero attached hydrogens (tertiary/aromatic N) is 2. The summed E-state index contributed by atoms with van der Waals surface area (Å²) in [7, 11) is -8.73. The topological polar surface area (TPSA) is 319 Å². The van der Waals surface area contributed by atoms with Crippen molar-refractivity contribution >= 4 is 33.5 Å². The van der Waals surface area contributed by atoms with E-state index in [-0.39, 0.29) is 56.3 Å². The van der Waals surface area contributed by atoms with Crippen LogP contribution in [0.5, 0.6) is 5.75 Å². The monoisotopic (exact) mass is 783 g/mol. The Kier molecular flexibility index (Phi) is 17.1. The fourth-order valence-electron chi connectivity index (χ4n) is 4.65. The highest BCUT2D eigenvalue weighted by Gasteiger charge is 2.49. The molecule has 1 unspecified atom stereocenters. The van der Waals surface area contributed by atoms with Crippen LogP contribution in [-0.4, -0.2) is 118 Å². The first-order valence-corrected chi connectivity index (χ1v) is 18.7. The lowest BCUT2D eigenvalue weighted by molar-refractivity contribution is -0.122. The highest BCUT2D eigenvalue weighted by atomic mass is 31.2. The molecule has 1 aliphatic rings. The van der Waals surface area contributed by atoms with Crippen LogP contribution in [0.25, 0.3) is 0 Å². The van der Waals surface area contributed by atoms with Gasteiger partial charge in [0, 0.05) is 31.8 Å². The third-order valence-electron chi connectivity index (χ3n) is 7.09. The van der Waals surface area contributed by atoms with Crippen LogP contribution in [0.3, 0.4) is 0 Å². The van der Waals surface area contributed by atoms with Gasteiger partial charge in [-0.2, -0.15) is 4.98 Å². The van der Waals surface area contributed by atoms with E-state index in [2.05, 4.69) is 24.7 Å². The Morgan fingerprint density at radius 3 is 2.42 bits per heavy atom. The number of amides is 2. The van der Waals surface area contributed by atoms with Gasteiger partial charge in [-0.15, -0.1) is 0 Å². The molecule has 52 heavy (non-hydrogen) atoms. The smallest absolute Gasteiger partial charge is 0.470 e. The lowest BCUT2D eigenvalue weighted by atomic mass is 10.1. The number of hydrogen-bond donors (Lipinski definition) is 8. The number of aliphatic hydroxyl groups is 1.